The van der Waals surface area contributed by atoms with Crippen LogP contribution in [0, 0.1) is 6.92 Å². The summed E-state index contributed by atoms with van der Waals surface area (Å²) in [6.07, 6.45) is 1.39. The Balaban J connectivity index is 1.81. The molecule has 0 spiro atoms. The van der Waals surface area contributed by atoms with E-state index >= 15 is 0 Å². The monoisotopic (exact) mass is 648 g/mol. The molecule has 0 bridgehead atoms. The fourth-order valence-corrected chi connectivity index (χ4v) is 5.17. The quantitative estimate of drug-likeness (QED) is 0.0235. The fourth-order valence-electron chi connectivity index (χ4n) is 3.45. The fraction of sp³-hybridized carbons (Fsp3) is 0.0500. The first-order valence-electron chi connectivity index (χ1n) is 10.6. The highest BCUT2D eigenvalue weighted by molar-refractivity contribution is 8.19. The molecule has 21 heteroatoms. The highest BCUT2D eigenvalue weighted by atomic mass is 35.5. The Morgan fingerprint density at radius 1 is 1.05 bits per heavy atom. The molecule has 0 fully saturated rings. The molecule has 1 aromatic heterocycles. The van der Waals surface area contributed by atoms with Crippen molar-refractivity contribution in [1.82, 2.24) is 9.97 Å². The number of benzene rings is 3. The number of nitrogens with zero attached hydrogens (tertiary/aromatic N) is 5. The third-order valence-corrected chi connectivity index (χ3v) is 7.42. The first kappa shape index (κ1) is 30.9. The standard InChI is InChI=1S/C20H18ClN7O10S3/c1-9-24-20(21)23-8-28(9)27-11-2-3-15(40-38-36-31)13(6-11)25-26-19-16(41(32,33)34)5-10-4-12(39-37-35-30)7-14(29)17(10)18(19)22/h2-8,27H,22H2,1H3,(H5-,29,30,31,32,33,34)/p+1. The molecule has 4 rings (SSSR count). The number of aromatic nitrogens is 3. The molecule has 41 heavy (non-hydrogen) atoms. The van der Waals surface area contributed by atoms with Crippen LogP contribution in [0.2, 0.25) is 5.28 Å². The maximum atomic E-state index is 10.6. The molecule has 0 unspecified atom stereocenters. The van der Waals surface area contributed by atoms with Gasteiger partial charge in [0, 0.05) is 17.2 Å². The van der Waals surface area contributed by atoms with Crippen molar-refractivity contribution in [3.05, 3.63) is 53.8 Å². The molecule has 0 saturated heterocycles. The van der Waals surface area contributed by atoms with Crippen molar-refractivity contribution < 1.29 is 52.7 Å². The molecule has 0 aliphatic carbocycles. The van der Waals surface area contributed by atoms with E-state index in [4.69, 9.17) is 27.8 Å². The van der Waals surface area contributed by atoms with Gasteiger partial charge in [-0.15, -0.1) is 23.6 Å². The number of aromatic hydroxyl groups is 1. The van der Waals surface area contributed by atoms with Crippen molar-refractivity contribution in [2.45, 2.75) is 21.6 Å². The van der Waals surface area contributed by atoms with Gasteiger partial charge in [0.1, 0.15) is 28.0 Å². The molecule has 3 aromatic carbocycles. The van der Waals surface area contributed by atoms with Crippen LogP contribution in [0.1, 0.15) is 5.82 Å². The van der Waals surface area contributed by atoms with E-state index in [9.17, 15) is 18.8 Å². The number of phenols is 1. The van der Waals surface area contributed by atoms with E-state index in [0.29, 0.717) is 35.6 Å². The minimum atomic E-state index is -4.42. The normalized spacial score (nSPS) is 12.4. The molecule has 0 amide bonds. The third kappa shape index (κ3) is 7.41. The Hall–Kier alpha value is -3.09. The number of hydrogen-bond donors (Lipinski definition) is 8. The second kappa shape index (κ2) is 13.3. The summed E-state index contributed by atoms with van der Waals surface area (Å²) >= 11 is 6.91. The summed E-state index contributed by atoms with van der Waals surface area (Å²) in [7, 11) is -4.42. The summed E-state index contributed by atoms with van der Waals surface area (Å²) in [6, 6.07) is 8.40. The Morgan fingerprint density at radius 3 is 2.46 bits per heavy atom. The number of nitrogens with two attached hydrogens (primary N) is 1. The second-order valence-electron chi connectivity index (χ2n) is 7.69. The van der Waals surface area contributed by atoms with E-state index in [1.165, 1.54) is 35.3 Å². The largest absolute Gasteiger partial charge is 0.507 e. The topological polar surface area (TPSA) is 251 Å². The number of azo groups is 1. The minimum absolute atomic E-state index is 0.0391. The third-order valence-electron chi connectivity index (χ3n) is 5.12. The van der Waals surface area contributed by atoms with Crippen LogP contribution in [0.15, 0.2) is 67.6 Å². The van der Waals surface area contributed by atoms with Crippen LogP contribution in [-0.2, 0) is 18.7 Å². The highest BCUT2D eigenvalue weighted by Gasteiger charge is 2.26. The summed E-state index contributed by atoms with van der Waals surface area (Å²) in [5.41, 5.74) is 9.18. The average molecular weight is 649 g/mol. The average Bonchev–Trinajstić information content (AvgIpc) is 2.91. The Labute approximate surface area is 244 Å². The zero-order valence-electron chi connectivity index (χ0n) is 20.3. The van der Waals surface area contributed by atoms with Gasteiger partial charge in [-0.3, -0.25) is 0 Å². The number of rotatable bonds is 11. The van der Waals surface area contributed by atoms with Crippen LogP contribution in [0.5, 0.6) is 5.75 Å². The van der Waals surface area contributed by atoms with E-state index in [1.807, 2.05) is 0 Å². The summed E-state index contributed by atoms with van der Waals surface area (Å²) in [5, 5.41) is 43.2. The van der Waals surface area contributed by atoms with Crippen LogP contribution in [0.25, 0.3) is 10.8 Å². The number of nitrogens with one attached hydrogen (secondary N) is 1. The van der Waals surface area contributed by atoms with Gasteiger partial charge in [0.05, 0.1) is 45.3 Å². The first-order valence-corrected chi connectivity index (χ1v) is 14.0. The minimum Gasteiger partial charge on any atom is -0.507 e. The van der Waals surface area contributed by atoms with Gasteiger partial charge in [0.15, 0.2) is 0 Å². The predicted octanol–water partition coefficient (Wildman–Crippen LogP) is 5.90. The van der Waals surface area contributed by atoms with Crippen molar-refractivity contribution in [2.75, 3.05) is 11.2 Å². The molecule has 4 aromatic rings. The van der Waals surface area contributed by atoms with Crippen LogP contribution in [0.3, 0.4) is 0 Å². The van der Waals surface area contributed by atoms with Crippen molar-refractivity contribution >= 4 is 80.1 Å². The molecule has 0 aliphatic heterocycles. The number of nitrogen functional groups attached to an aromatic ring is 1. The summed E-state index contributed by atoms with van der Waals surface area (Å²) in [5.74, 6) is 0.108. The molecule has 1 heterocycles. The smallest absolute Gasteiger partial charge is 0.372 e. The van der Waals surface area contributed by atoms with E-state index in [2.05, 4.69) is 44.4 Å². The van der Waals surface area contributed by atoms with Gasteiger partial charge in [0.2, 0.25) is 0 Å². The van der Waals surface area contributed by atoms with E-state index in [0.717, 1.165) is 6.07 Å². The number of phenolic OH excluding ortho intramolecular Hbond substituents is 1. The maximum absolute atomic E-state index is 10.6. The van der Waals surface area contributed by atoms with Crippen molar-refractivity contribution in [2.24, 2.45) is 10.2 Å². The highest BCUT2D eigenvalue weighted by Crippen LogP contribution is 2.54. The van der Waals surface area contributed by atoms with Gasteiger partial charge in [-0.2, -0.15) is 0 Å². The zero-order chi connectivity index (χ0) is 29.7. The molecule has 0 atom stereocenters. The molecule has 0 aliphatic rings. The SMILES string of the molecule is Cc1nc(Cl)nc[n+]1Nc1ccc(SOOO)c(N=Nc2c(S(O)(O)O)cc3cc(SOOO)cc(O)c3c2N)c1. The van der Waals surface area contributed by atoms with Gasteiger partial charge in [-0.05, 0) is 53.4 Å². The van der Waals surface area contributed by atoms with Gasteiger partial charge in [-0.25, -0.2) is 15.9 Å². The first-order chi connectivity index (χ1) is 19.5. The van der Waals surface area contributed by atoms with E-state index in [-0.39, 0.29) is 48.7 Å². The number of fused-ring (bicyclic) bond motifs is 1. The van der Waals surface area contributed by atoms with E-state index < -0.39 is 15.8 Å². The number of aryl methyl sites for hydroxylation is 1. The van der Waals surface area contributed by atoms with Gasteiger partial charge < -0.3 is 24.5 Å². The molecular weight excluding hydrogens is 630 g/mol. The molecule has 9 N–H and O–H groups in total. The zero-order valence-corrected chi connectivity index (χ0v) is 23.5. The molecule has 0 saturated carbocycles. The maximum Gasteiger partial charge on any atom is 0.372 e. The lowest BCUT2D eigenvalue weighted by Crippen LogP contribution is -2.46. The number of halogens is 1. The van der Waals surface area contributed by atoms with Crippen LogP contribution in [-0.4, -0.2) is 39.2 Å². The second-order valence-corrected chi connectivity index (χ2v) is 11.0. The summed E-state index contributed by atoms with van der Waals surface area (Å²) in [4.78, 5) is 7.94. The van der Waals surface area contributed by atoms with Crippen LogP contribution >= 0.6 is 46.6 Å². The Bertz CT molecular complexity index is 1610. The van der Waals surface area contributed by atoms with Crippen LogP contribution in [0.4, 0.5) is 22.7 Å². The number of anilines is 2. The molecular formula is C20H19ClN7O10S3+. The predicted molar refractivity (Wildman–Crippen MR) is 147 cm³/mol. The van der Waals surface area contributed by atoms with Crippen LogP contribution < -0.4 is 15.8 Å². The molecule has 218 valence electrons. The molecule has 0 radical (unpaired) electrons. The van der Waals surface area contributed by atoms with Crippen molar-refractivity contribution in [3.8, 4) is 5.75 Å². The Morgan fingerprint density at radius 2 is 1.78 bits per heavy atom. The lowest BCUT2D eigenvalue weighted by molar-refractivity contribution is -0.656. The van der Waals surface area contributed by atoms with Crippen molar-refractivity contribution in [1.29, 1.82) is 0 Å². The van der Waals surface area contributed by atoms with Gasteiger partial charge in [-0.1, -0.05) is 20.0 Å². The molecule has 17 nitrogen and oxygen atoms in total. The lowest BCUT2D eigenvalue weighted by atomic mass is 10.1. The lowest BCUT2D eigenvalue weighted by Gasteiger charge is -2.23. The summed E-state index contributed by atoms with van der Waals surface area (Å²) < 4.78 is 40.8. The van der Waals surface area contributed by atoms with Crippen molar-refractivity contribution in [3.63, 3.8) is 0 Å². The van der Waals surface area contributed by atoms with E-state index in [1.54, 1.807) is 13.0 Å². The van der Waals surface area contributed by atoms with Gasteiger partial charge >= 0.3 is 5.28 Å². The Kier molecular flexibility index (Phi) is 9.98. The summed E-state index contributed by atoms with van der Waals surface area (Å²) in [6.45, 7) is 1.68. The van der Waals surface area contributed by atoms with Gasteiger partial charge in [0.25, 0.3) is 12.2 Å². The number of hydrogen-bond acceptors (Lipinski definition) is 18.